The Morgan fingerprint density at radius 3 is 2.42 bits per heavy atom. The minimum atomic E-state index is -3.70. The monoisotopic (exact) mass is 348 g/mol. The molecule has 0 fully saturated rings. The number of ether oxygens (including phenoxy) is 1. The van der Waals surface area contributed by atoms with Crippen molar-refractivity contribution in [2.24, 2.45) is 0 Å². The van der Waals surface area contributed by atoms with Crippen LogP contribution in [0.3, 0.4) is 0 Å². The number of hydrogen-bond acceptors (Lipinski definition) is 4. The van der Waals surface area contributed by atoms with Crippen molar-refractivity contribution in [2.45, 2.75) is 18.7 Å². The molecular formula is C17H20N2O4S. The first-order valence-electron chi connectivity index (χ1n) is 7.44. The zero-order valence-corrected chi connectivity index (χ0v) is 14.6. The van der Waals surface area contributed by atoms with Gasteiger partial charge in [0.25, 0.3) is 10.0 Å². The van der Waals surface area contributed by atoms with Gasteiger partial charge in [-0.05, 0) is 43.3 Å². The molecule has 0 aliphatic rings. The van der Waals surface area contributed by atoms with Crippen LogP contribution in [0.5, 0.6) is 5.75 Å². The molecule has 0 aliphatic carbocycles. The van der Waals surface area contributed by atoms with E-state index in [1.165, 1.54) is 30.4 Å². The lowest BCUT2D eigenvalue weighted by Crippen LogP contribution is -2.26. The van der Waals surface area contributed by atoms with Crippen molar-refractivity contribution >= 4 is 27.3 Å². The van der Waals surface area contributed by atoms with Crippen molar-refractivity contribution in [2.75, 3.05) is 23.3 Å². The van der Waals surface area contributed by atoms with Crippen LogP contribution in [0.25, 0.3) is 0 Å². The third kappa shape index (κ3) is 4.05. The van der Waals surface area contributed by atoms with Gasteiger partial charge in [0.2, 0.25) is 5.91 Å². The van der Waals surface area contributed by atoms with Gasteiger partial charge in [-0.2, -0.15) is 0 Å². The lowest BCUT2D eigenvalue weighted by atomic mass is 10.3. The second-order valence-corrected chi connectivity index (χ2v) is 7.08. The van der Waals surface area contributed by atoms with Gasteiger partial charge in [-0.15, -0.1) is 0 Å². The van der Waals surface area contributed by atoms with Gasteiger partial charge >= 0.3 is 0 Å². The average molecular weight is 348 g/mol. The quantitative estimate of drug-likeness (QED) is 0.871. The first-order chi connectivity index (χ1) is 11.3. The van der Waals surface area contributed by atoms with Gasteiger partial charge in [0.1, 0.15) is 5.75 Å². The van der Waals surface area contributed by atoms with Crippen LogP contribution in [-0.4, -0.2) is 28.0 Å². The Balaban J connectivity index is 2.28. The first kappa shape index (κ1) is 17.8. The van der Waals surface area contributed by atoms with Gasteiger partial charge in [-0.25, -0.2) is 8.42 Å². The van der Waals surface area contributed by atoms with Crippen LogP contribution in [0.1, 0.15) is 13.8 Å². The van der Waals surface area contributed by atoms with Gasteiger partial charge in [0.15, 0.2) is 0 Å². The van der Waals surface area contributed by atoms with Crippen LogP contribution in [-0.2, 0) is 14.8 Å². The summed E-state index contributed by atoms with van der Waals surface area (Å²) in [5.74, 6) is 0.397. The molecule has 128 valence electrons. The highest BCUT2D eigenvalue weighted by Gasteiger charge is 2.21. The second kappa shape index (κ2) is 7.35. The van der Waals surface area contributed by atoms with Crippen LogP contribution >= 0.6 is 0 Å². The van der Waals surface area contributed by atoms with E-state index in [9.17, 15) is 13.2 Å². The van der Waals surface area contributed by atoms with Crippen molar-refractivity contribution in [1.29, 1.82) is 0 Å². The lowest BCUT2D eigenvalue weighted by molar-refractivity contribution is -0.114. The summed E-state index contributed by atoms with van der Waals surface area (Å²) in [5.41, 5.74) is 1.05. The number of anilines is 2. The number of rotatable bonds is 6. The summed E-state index contributed by atoms with van der Waals surface area (Å²) in [6.45, 7) is 3.76. The van der Waals surface area contributed by atoms with E-state index in [-0.39, 0.29) is 10.8 Å². The maximum absolute atomic E-state index is 12.7. The molecule has 1 N–H and O–H groups in total. The predicted octanol–water partition coefficient (Wildman–Crippen LogP) is 2.87. The third-order valence-electron chi connectivity index (χ3n) is 3.33. The number of amides is 1. The third-order valence-corrected chi connectivity index (χ3v) is 5.13. The summed E-state index contributed by atoms with van der Waals surface area (Å²) < 4.78 is 32.1. The van der Waals surface area contributed by atoms with Crippen molar-refractivity contribution in [1.82, 2.24) is 0 Å². The lowest BCUT2D eigenvalue weighted by Gasteiger charge is -2.20. The van der Waals surface area contributed by atoms with Gasteiger partial charge in [-0.1, -0.05) is 6.07 Å². The highest BCUT2D eigenvalue weighted by atomic mass is 32.2. The molecule has 24 heavy (non-hydrogen) atoms. The Morgan fingerprint density at radius 1 is 1.17 bits per heavy atom. The predicted molar refractivity (Wildman–Crippen MR) is 93.9 cm³/mol. The topological polar surface area (TPSA) is 75.7 Å². The van der Waals surface area contributed by atoms with Crippen molar-refractivity contribution in [3.8, 4) is 5.75 Å². The van der Waals surface area contributed by atoms with E-state index in [2.05, 4.69) is 5.32 Å². The van der Waals surface area contributed by atoms with E-state index in [1.54, 1.807) is 36.4 Å². The van der Waals surface area contributed by atoms with Crippen molar-refractivity contribution in [3.05, 3.63) is 48.5 Å². The number of carbonyl (C=O) groups is 1. The Morgan fingerprint density at radius 2 is 1.83 bits per heavy atom. The SMILES string of the molecule is CCOc1cccc(N(C)S(=O)(=O)c2ccc(NC(C)=O)cc2)c1. The molecule has 0 bridgehead atoms. The highest BCUT2D eigenvalue weighted by molar-refractivity contribution is 7.92. The largest absolute Gasteiger partial charge is 0.494 e. The Kier molecular flexibility index (Phi) is 5.46. The molecule has 0 radical (unpaired) electrons. The number of hydrogen-bond donors (Lipinski definition) is 1. The standard InChI is InChI=1S/C17H20N2O4S/c1-4-23-16-7-5-6-15(12-16)19(3)24(21,22)17-10-8-14(9-11-17)18-13(2)20/h5-12H,4H2,1-3H3,(H,18,20). The van der Waals surface area contributed by atoms with Gasteiger partial charge in [-0.3, -0.25) is 9.10 Å². The van der Waals surface area contributed by atoms with E-state index >= 15 is 0 Å². The smallest absolute Gasteiger partial charge is 0.264 e. The fraction of sp³-hybridized carbons (Fsp3) is 0.235. The molecule has 2 rings (SSSR count). The van der Waals surface area contributed by atoms with E-state index < -0.39 is 10.0 Å². The number of benzene rings is 2. The summed E-state index contributed by atoms with van der Waals surface area (Å²) in [7, 11) is -2.22. The molecule has 0 heterocycles. The molecule has 2 aromatic carbocycles. The molecule has 6 nitrogen and oxygen atoms in total. The van der Waals surface area contributed by atoms with Crippen molar-refractivity contribution in [3.63, 3.8) is 0 Å². The minimum Gasteiger partial charge on any atom is -0.494 e. The molecule has 0 unspecified atom stereocenters. The van der Waals surface area contributed by atoms with Crippen LogP contribution in [0.15, 0.2) is 53.4 Å². The molecule has 1 amide bonds. The average Bonchev–Trinajstić information content (AvgIpc) is 2.54. The molecule has 2 aromatic rings. The number of nitrogens with one attached hydrogen (secondary N) is 1. The van der Waals surface area contributed by atoms with Crippen LogP contribution in [0, 0.1) is 0 Å². The Bertz CT molecular complexity index is 817. The minimum absolute atomic E-state index is 0.140. The molecule has 0 saturated heterocycles. The number of nitrogens with zero attached hydrogens (tertiary/aromatic N) is 1. The van der Waals surface area contributed by atoms with Crippen molar-refractivity contribution < 1.29 is 17.9 Å². The second-order valence-electron chi connectivity index (χ2n) is 5.11. The fourth-order valence-corrected chi connectivity index (χ4v) is 3.33. The molecular weight excluding hydrogens is 328 g/mol. The van der Waals surface area contributed by atoms with Gasteiger partial charge in [0.05, 0.1) is 17.2 Å². The molecule has 0 aromatic heterocycles. The number of sulfonamides is 1. The van der Waals surface area contributed by atoms with Crippen LogP contribution in [0.2, 0.25) is 0 Å². The summed E-state index contributed by atoms with van der Waals surface area (Å²) in [6, 6.07) is 12.9. The highest BCUT2D eigenvalue weighted by Crippen LogP contribution is 2.26. The van der Waals surface area contributed by atoms with Crippen LogP contribution < -0.4 is 14.4 Å². The maximum Gasteiger partial charge on any atom is 0.264 e. The van der Waals surface area contributed by atoms with E-state index in [1.807, 2.05) is 6.92 Å². The van der Waals surface area contributed by atoms with E-state index in [0.29, 0.717) is 23.7 Å². The Labute approximate surface area is 142 Å². The summed E-state index contributed by atoms with van der Waals surface area (Å²) in [6.07, 6.45) is 0. The van der Waals surface area contributed by atoms with Gasteiger partial charge < -0.3 is 10.1 Å². The van der Waals surface area contributed by atoms with Crippen LogP contribution in [0.4, 0.5) is 11.4 Å². The summed E-state index contributed by atoms with van der Waals surface area (Å²) >= 11 is 0. The fourth-order valence-electron chi connectivity index (χ4n) is 2.15. The molecule has 0 atom stereocenters. The summed E-state index contributed by atoms with van der Waals surface area (Å²) in [5, 5.41) is 2.60. The number of carbonyl (C=O) groups excluding carboxylic acids is 1. The molecule has 0 aliphatic heterocycles. The van der Waals surface area contributed by atoms with E-state index in [0.717, 1.165) is 0 Å². The van der Waals surface area contributed by atoms with Gasteiger partial charge in [0, 0.05) is 25.7 Å². The maximum atomic E-state index is 12.7. The normalized spacial score (nSPS) is 11.0. The van der Waals surface area contributed by atoms with E-state index in [4.69, 9.17) is 4.74 Å². The molecule has 0 saturated carbocycles. The molecule has 7 heteroatoms. The molecule has 0 spiro atoms. The first-order valence-corrected chi connectivity index (χ1v) is 8.88. The zero-order chi connectivity index (χ0) is 17.7. The Hall–Kier alpha value is -2.54. The summed E-state index contributed by atoms with van der Waals surface area (Å²) in [4.78, 5) is 11.2. The zero-order valence-electron chi connectivity index (χ0n) is 13.8.